The first-order chi connectivity index (χ1) is 11.2. The maximum absolute atomic E-state index is 10.5. The SMILES string of the molecule is CC(=O)[O-].CC[n+]1ccn(C)c1.O=C(O)c1ccccc1C(=O)O. The minimum atomic E-state index is -1.23. The van der Waals surface area contributed by atoms with Gasteiger partial charge in [0.2, 0.25) is 6.33 Å². The number of aromatic carboxylic acids is 2. The van der Waals surface area contributed by atoms with Gasteiger partial charge in [-0.05, 0) is 26.0 Å². The van der Waals surface area contributed by atoms with Crippen LogP contribution in [-0.2, 0) is 18.4 Å². The van der Waals surface area contributed by atoms with Crippen molar-refractivity contribution in [1.29, 1.82) is 0 Å². The minimum Gasteiger partial charge on any atom is -0.550 e. The van der Waals surface area contributed by atoms with Crippen molar-refractivity contribution in [2.45, 2.75) is 20.4 Å². The molecule has 8 nitrogen and oxygen atoms in total. The van der Waals surface area contributed by atoms with Gasteiger partial charge in [-0.2, -0.15) is 0 Å². The number of aromatic nitrogens is 2. The van der Waals surface area contributed by atoms with Crippen molar-refractivity contribution in [3.63, 3.8) is 0 Å². The predicted molar refractivity (Wildman–Crippen MR) is 82.3 cm³/mol. The van der Waals surface area contributed by atoms with E-state index >= 15 is 0 Å². The minimum absolute atomic E-state index is 0.190. The van der Waals surface area contributed by atoms with E-state index < -0.39 is 17.9 Å². The number of hydrogen-bond acceptors (Lipinski definition) is 4. The summed E-state index contributed by atoms with van der Waals surface area (Å²) in [7, 11) is 2.02. The molecule has 1 aromatic carbocycles. The number of imidazole rings is 1. The van der Waals surface area contributed by atoms with Crippen LogP contribution in [0.15, 0.2) is 43.0 Å². The van der Waals surface area contributed by atoms with E-state index in [-0.39, 0.29) is 11.1 Å². The van der Waals surface area contributed by atoms with Crippen LogP contribution in [0.25, 0.3) is 0 Å². The lowest BCUT2D eigenvalue weighted by Gasteiger charge is -1.98. The van der Waals surface area contributed by atoms with Crippen LogP contribution in [0.3, 0.4) is 0 Å². The molecule has 0 atom stereocenters. The van der Waals surface area contributed by atoms with E-state index in [9.17, 15) is 9.59 Å². The van der Waals surface area contributed by atoms with Gasteiger partial charge >= 0.3 is 11.9 Å². The number of carboxylic acid groups (broad SMARTS) is 3. The quantitative estimate of drug-likeness (QED) is 0.770. The molecule has 0 unspecified atom stereocenters. The number of aryl methyl sites for hydroxylation is 2. The van der Waals surface area contributed by atoms with E-state index in [0.29, 0.717) is 0 Å². The van der Waals surface area contributed by atoms with Gasteiger partial charge in [0.1, 0.15) is 12.4 Å². The Hall–Kier alpha value is -3.16. The molecule has 0 aliphatic rings. The van der Waals surface area contributed by atoms with Crippen molar-refractivity contribution >= 4 is 17.9 Å². The summed E-state index contributed by atoms with van der Waals surface area (Å²) in [5, 5.41) is 26.0. The molecule has 0 saturated carbocycles. The van der Waals surface area contributed by atoms with Crippen LogP contribution in [0, 0.1) is 0 Å². The van der Waals surface area contributed by atoms with Gasteiger partial charge in [0, 0.05) is 5.97 Å². The average Bonchev–Trinajstić information content (AvgIpc) is 2.93. The predicted octanol–water partition coefficient (Wildman–Crippen LogP) is 0.172. The van der Waals surface area contributed by atoms with Crippen LogP contribution >= 0.6 is 0 Å². The molecule has 0 spiro atoms. The first kappa shape index (κ1) is 20.8. The fourth-order valence-corrected chi connectivity index (χ4v) is 1.54. The molecule has 1 aromatic heterocycles. The molecule has 0 amide bonds. The molecule has 2 N–H and O–H groups in total. The standard InChI is InChI=1S/C8H6O4.C6H11N2.C2H4O2/c9-7(10)5-3-1-2-4-6(5)8(11)12;1-3-8-5-4-7(2)6-8;1-2(3)4/h1-4H,(H,9,10)(H,11,12);4-6H,3H2,1-2H3;1H3,(H,3,4)/q;+1;/p-1. The molecular formula is C16H20N2O6. The molecule has 2 rings (SSSR count). The smallest absolute Gasteiger partial charge is 0.336 e. The summed E-state index contributed by atoms with van der Waals surface area (Å²) >= 11 is 0. The normalized spacial score (nSPS) is 8.96. The number of benzene rings is 1. The number of carbonyl (C=O) groups is 3. The monoisotopic (exact) mass is 336 g/mol. The zero-order chi connectivity index (χ0) is 18.7. The van der Waals surface area contributed by atoms with Gasteiger partial charge in [-0.25, -0.2) is 18.7 Å². The molecule has 2 aromatic rings. The van der Waals surface area contributed by atoms with Crippen molar-refractivity contribution in [2.24, 2.45) is 7.05 Å². The first-order valence-corrected chi connectivity index (χ1v) is 6.93. The number of carboxylic acids is 3. The van der Waals surface area contributed by atoms with E-state index in [1.807, 2.05) is 17.8 Å². The number of carbonyl (C=O) groups excluding carboxylic acids is 1. The largest absolute Gasteiger partial charge is 0.550 e. The first-order valence-electron chi connectivity index (χ1n) is 6.93. The number of aliphatic carboxylic acids is 1. The van der Waals surface area contributed by atoms with Crippen LogP contribution in [0.5, 0.6) is 0 Å². The van der Waals surface area contributed by atoms with E-state index in [1.165, 1.54) is 24.3 Å². The van der Waals surface area contributed by atoms with Gasteiger partial charge in [0.15, 0.2) is 0 Å². The Bertz CT molecular complexity index is 656. The summed E-state index contributed by atoms with van der Waals surface area (Å²) < 4.78 is 4.16. The third-order valence-corrected chi connectivity index (χ3v) is 2.58. The number of hydrogen-bond donors (Lipinski definition) is 2. The number of rotatable bonds is 3. The Kier molecular flexibility index (Phi) is 9.16. The molecule has 0 aliphatic carbocycles. The zero-order valence-electron chi connectivity index (χ0n) is 13.7. The maximum Gasteiger partial charge on any atom is 0.336 e. The third kappa shape index (κ3) is 8.32. The third-order valence-electron chi connectivity index (χ3n) is 2.58. The summed E-state index contributed by atoms with van der Waals surface area (Å²) in [6.07, 6.45) is 6.14. The highest BCUT2D eigenvalue weighted by molar-refractivity contribution is 6.01. The lowest BCUT2D eigenvalue weighted by Crippen LogP contribution is -2.28. The van der Waals surface area contributed by atoms with Crippen LogP contribution in [0.2, 0.25) is 0 Å². The molecule has 130 valence electrons. The summed E-state index contributed by atoms with van der Waals surface area (Å²) in [5.41, 5.74) is -0.380. The average molecular weight is 336 g/mol. The Morgan fingerprint density at radius 1 is 1.12 bits per heavy atom. The Morgan fingerprint density at radius 2 is 1.54 bits per heavy atom. The molecule has 0 fully saturated rings. The maximum atomic E-state index is 10.5. The van der Waals surface area contributed by atoms with E-state index in [2.05, 4.69) is 24.0 Å². The zero-order valence-corrected chi connectivity index (χ0v) is 13.7. The molecular weight excluding hydrogens is 316 g/mol. The molecule has 0 saturated heterocycles. The van der Waals surface area contributed by atoms with Gasteiger partial charge in [0.05, 0.1) is 24.7 Å². The molecule has 24 heavy (non-hydrogen) atoms. The van der Waals surface area contributed by atoms with Gasteiger partial charge in [-0.3, -0.25) is 0 Å². The fourth-order valence-electron chi connectivity index (χ4n) is 1.54. The van der Waals surface area contributed by atoms with Gasteiger partial charge in [0.25, 0.3) is 0 Å². The second-order valence-electron chi connectivity index (χ2n) is 4.56. The van der Waals surface area contributed by atoms with Crippen molar-refractivity contribution in [3.8, 4) is 0 Å². The topological polar surface area (TPSA) is 124 Å². The Balaban J connectivity index is 0.000000379. The van der Waals surface area contributed by atoms with Crippen molar-refractivity contribution in [3.05, 3.63) is 54.1 Å². The van der Waals surface area contributed by atoms with E-state index in [0.717, 1.165) is 13.5 Å². The van der Waals surface area contributed by atoms with Gasteiger partial charge < -0.3 is 20.1 Å². The van der Waals surface area contributed by atoms with Crippen LogP contribution in [-0.4, -0.2) is 32.7 Å². The van der Waals surface area contributed by atoms with Crippen LogP contribution in [0.4, 0.5) is 0 Å². The van der Waals surface area contributed by atoms with Crippen molar-refractivity contribution in [2.75, 3.05) is 0 Å². The summed E-state index contributed by atoms with van der Waals surface area (Å²) in [6.45, 7) is 4.15. The molecule has 1 heterocycles. The lowest BCUT2D eigenvalue weighted by molar-refractivity contribution is -0.693. The highest BCUT2D eigenvalue weighted by atomic mass is 16.4. The summed E-state index contributed by atoms with van der Waals surface area (Å²) in [4.78, 5) is 29.8. The lowest BCUT2D eigenvalue weighted by atomic mass is 10.1. The molecule has 8 heteroatoms. The molecule has 0 aliphatic heterocycles. The Labute approximate surface area is 139 Å². The van der Waals surface area contributed by atoms with Crippen molar-refractivity contribution < 1.29 is 34.3 Å². The summed E-state index contributed by atoms with van der Waals surface area (Å²) in [6, 6.07) is 5.48. The second-order valence-corrected chi connectivity index (χ2v) is 4.56. The summed E-state index contributed by atoms with van der Waals surface area (Å²) in [5.74, 6) is -3.54. The van der Waals surface area contributed by atoms with Crippen LogP contribution in [0.1, 0.15) is 34.6 Å². The molecule has 0 radical (unpaired) electrons. The Morgan fingerprint density at radius 3 is 1.75 bits per heavy atom. The van der Waals surface area contributed by atoms with E-state index in [1.54, 1.807) is 0 Å². The highest BCUT2D eigenvalue weighted by Crippen LogP contribution is 2.07. The van der Waals surface area contributed by atoms with Crippen LogP contribution < -0.4 is 9.67 Å². The molecule has 0 bridgehead atoms. The van der Waals surface area contributed by atoms with Crippen molar-refractivity contribution in [1.82, 2.24) is 4.57 Å². The van der Waals surface area contributed by atoms with E-state index in [4.69, 9.17) is 20.1 Å². The highest BCUT2D eigenvalue weighted by Gasteiger charge is 2.13. The second kappa shape index (κ2) is 10.5. The fraction of sp³-hybridized carbons (Fsp3) is 0.250. The van der Waals surface area contributed by atoms with Gasteiger partial charge in [-0.1, -0.05) is 12.1 Å². The number of nitrogens with zero attached hydrogens (tertiary/aromatic N) is 2. The van der Waals surface area contributed by atoms with Gasteiger partial charge in [-0.15, -0.1) is 0 Å².